The topological polar surface area (TPSA) is 40.5 Å². The molecule has 1 heterocycles. The van der Waals surface area contributed by atoms with Gasteiger partial charge in [-0.3, -0.25) is 4.79 Å². The van der Waals surface area contributed by atoms with Gasteiger partial charge in [-0.2, -0.15) is 0 Å². The number of rotatable bonds is 1. The molecule has 0 spiro atoms. The van der Waals surface area contributed by atoms with E-state index in [1.807, 2.05) is 22.9 Å². The summed E-state index contributed by atoms with van der Waals surface area (Å²) < 4.78 is 1.79. The number of nitrogens with zero attached hydrogens (tertiary/aromatic N) is 1. The number of hydrogen-bond acceptors (Lipinski definition) is 2. The van der Waals surface area contributed by atoms with Gasteiger partial charge in [-0.05, 0) is 6.42 Å². The lowest BCUT2D eigenvalue weighted by molar-refractivity contribution is -0.143. The van der Waals surface area contributed by atoms with Crippen molar-refractivity contribution in [2.75, 3.05) is 6.54 Å². The molecule has 0 radical (unpaired) electrons. The van der Waals surface area contributed by atoms with Gasteiger partial charge in [0.2, 0.25) is 0 Å². The lowest BCUT2D eigenvalue weighted by Gasteiger charge is -2.31. The standard InChI is InChI=1S/C4H6INO2/c5-6-2-1-3(6)4(7)8/h3H,1-2H2,(H,7,8). The summed E-state index contributed by atoms with van der Waals surface area (Å²) in [5, 5.41) is 8.36. The molecule has 0 amide bonds. The molecule has 0 aromatic heterocycles. The summed E-state index contributed by atoms with van der Waals surface area (Å²) in [6, 6.07) is -0.212. The summed E-state index contributed by atoms with van der Waals surface area (Å²) in [7, 11) is 0. The highest BCUT2D eigenvalue weighted by atomic mass is 127. The van der Waals surface area contributed by atoms with E-state index in [2.05, 4.69) is 0 Å². The Labute approximate surface area is 61.2 Å². The number of hydrogen-bond donors (Lipinski definition) is 1. The van der Waals surface area contributed by atoms with Crippen LogP contribution >= 0.6 is 22.9 Å². The highest BCUT2D eigenvalue weighted by Gasteiger charge is 2.31. The number of aliphatic carboxylic acids is 1. The van der Waals surface area contributed by atoms with Gasteiger partial charge in [0.25, 0.3) is 0 Å². The van der Waals surface area contributed by atoms with E-state index in [9.17, 15) is 4.79 Å². The molecule has 0 aliphatic carbocycles. The normalized spacial score (nSPS) is 29.4. The van der Waals surface area contributed by atoms with Crippen LogP contribution in [0.1, 0.15) is 6.42 Å². The van der Waals surface area contributed by atoms with Crippen LogP contribution < -0.4 is 0 Å². The molecule has 0 bridgehead atoms. The van der Waals surface area contributed by atoms with Gasteiger partial charge in [0.05, 0.1) is 0 Å². The molecule has 0 aromatic rings. The molecule has 1 aliphatic rings. The van der Waals surface area contributed by atoms with Crippen LogP contribution in [0.5, 0.6) is 0 Å². The molecule has 1 fully saturated rings. The number of carbonyl (C=O) groups is 1. The van der Waals surface area contributed by atoms with Gasteiger partial charge in [0, 0.05) is 29.4 Å². The zero-order chi connectivity index (χ0) is 6.15. The van der Waals surface area contributed by atoms with Crippen molar-refractivity contribution in [2.24, 2.45) is 0 Å². The second-order valence-corrected chi connectivity index (χ2v) is 3.01. The second kappa shape index (κ2) is 2.18. The molecule has 4 heteroatoms. The van der Waals surface area contributed by atoms with Crippen LogP contribution in [0, 0.1) is 0 Å². The van der Waals surface area contributed by atoms with Crippen LogP contribution in [-0.2, 0) is 4.79 Å². The van der Waals surface area contributed by atoms with E-state index in [0.717, 1.165) is 13.0 Å². The Morgan fingerprint density at radius 3 is 2.50 bits per heavy atom. The molecule has 1 rings (SSSR count). The quantitative estimate of drug-likeness (QED) is 0.523. The molecular formula is C4H6INO2. The van der Waals surface area contributed by atoms with Gasteiger partial charge in [0.1, 0.15) is 6.04 Å². The number of carboxylic acid groups (broad SMARTS) is 1. The fraction of sp³-hybridized carbons (Fsp3) is 0.750. The molecule has 46 valence electrons. The Bertz CT molecular complexity index is 117. The first-order valence-corrected chi connectivity index (χ1v) is 3.33. The van der Waals surface area contributed by atoms with Gasteiger partial charge >= 0.3 is 5.97 Å². The van der Waals surface area contributed by atoms with E-state index in [-0.39, 0.29) is 6.04 Å². The molecule has 1 atom stereocenters. The molecule has 0 aromatic carbocycles. The van der Waals surface area contributed by atoms with Gasteiger partial charge in [0.15, 0.2) is 0 Å². The van der Waals surface area contributed by atoms with Crippen LogP contribution in [-0.4, -0.2) is 26.8 Å². The Kier molecular flexibility index (Phi) is 1.71. The van der Waals surface area contributed by atoms with Gasteiger partial charge in [-0.15, -0.1) is 0 Å². The van der Waals surface area contributed by atoms with Gasteiger partial charge in [-0.25, -0.2) is 3.11 Å². The van der Waals surface area contributed by atoms with Crippen LogP contribution in [0.4, 0.5) is 0 Å². The van der Waals surface area contributed by atoms with Crippen molar-refractivity contribution in [2.45, 2.75) is 12.5 Å². The maximum absolute atomic E-state index is 10.1. The largest absolute Gasteiger partial charge is 0.480 e. The Morgan fingerprint density at radius 1 is 1.88 bits per heavy atom. The van der Waals surface area contributed by atoms with Crippen LogP contribution in [0.2, 0.25) is 0 Å². The summed E-state index contributed by atoms with van der Waals surface area (Å²) in [4.78, 5) is 10.1. The zero-order valence-electron chi connectivity index (χ0n) is 4.17. The molecular weight excluding hydrogens is 221 g/mol. The highest BCUT2D eigenvalue weighted by Crippen LogP contribution is 2.21. The third kappa shape index (κ3) is 0.947. The van der Waals surface area contributed by atoms with Gasteiger partial charge < -0.3 is 5.11 Å². The van der Waals surface area contributed by atoms with Crippen molar-refractivity contribution in [1.82, 2.24) is 3.11 Å². The van der Waals surface area contributed by atoms with Crippen molar-refractivity contribution >= 4 is 28.8 Å². The maximum Gasteiger partial charge on any atom is 0.321 e. The summed E-state index contributed by atoms with van der Waals surface area (Å²) in [6.07, 6.45) is 0.804. The maximum atomic E-state index is 10.1. The predicted octanol–water partition coefficient (Wildman–Crippen LogP) is 0.495. The summed E-state index contributed by atoms with van der Waals surface area (Å²) in [5.41, 5.74) is 0. The lowest BCUT2D eigenvalue weighted by atomic mass is 10.1. The third-order valence-electron chi connectivity index (χ3n) is 1.24. The Balaban J connectivity index is 2.37. The van der Waals surface area contributed by atoms with Crippen LogP contribution in [0.15, 0.2) is 0 Å². The van der Waals surface area contributed by atoms with E-state index in [1.54, 1.807) is 3.11 Å². The fourth-order valence-electron chi connectivity index (χ4n) is 0.599. The van der Waals surface area contributed by atoms with Crippen molar-refractivity contribution in [3.05, 3.63) is 0 Å². The predicted molar refractivity (Wildman–Crippen MR) is 36.8 cm³/mol. The molecule has 1 saturated heterocycles. The van der Waals surface area contributed by atoms with Crippen molar-refractivity contribution in [3.63, 3.8) is 0 Å². The summed E-state index contributed by atoms with van der Waals surface area (Å²) >= 11 is 2.02. The molecule has 1 aliphatic heterocycles. The van der Waals surface area contributed by atoms with E-state index in [4.69, 9.17) is 5.11 Å². The van der Waals surface area contributed by atoms with E-state index in [0.29, 0.717) is 0 Å². The van der Waals surface area contributed by atoms with Crippen molar-refractivity contribution < 1.29 is 9.90 Å². The summed E-state index contributed by atoms with van der Waals surface area (Å²) in [5.74, 6) is -0.703. The number of carboxylic acids is 1. The van der Waals surface area contributed by atoms with Crippen molar-refractivity contribution in [1.29, 1.82) is 0 Å². The fourth-order valence-corrected chi connectivity index (χ4v) is 1.39. The Morgan fingerprint density at radius 2 is 2.50 bits per heavy atom. The molecule has 1 N–H and O–H groups in total. The minimum absolute atomic E-state index is 0.212. The van der Waals surface area contributed by atoms with E-state index < -0.39 is 5.97 Å². The first kappa shape index (κ1) is 6.28. The van der Waals surface area contributed by atoms with E-state index in [1.165, 1.54) is 0 Å². The average molecular weight is 227 g/mol. The zero-order valence-corrected chi connectivity index (χ0v) is 6.33. The summed E-state index contributed by atoms with van der Waals surface area (Å²) in [6.45, 7) is 0.914. The van der Waals surface area contributed by atoms with Crippen molar-refractivity contribution in [3.8, 4) is 0 Å². The monoisotopic (exact) mass is 227 g/mol. The first-order chi connectivity index (χ1) is 3.72. The molecule has 3 nitrogen and oxygen atoms in total. The number of halogens is 1. The van der Waals surface area contributed by atoms with Crippen LogP contribution in [0.3, 0.4) is 0 Å². The second-order valence-electron chi connectivity index (χ2n) is 1.77. The lowest BCUT2D eigenvalue weighted by Crippen LogP contribution is -2.45. The van der Waals surface area contributed by atoms with Gasteiger partial charge in [-0.1, -0.05) is 0 Å². The minimum Gasteiger partial charge on any atom is -0.480 e. The highest BCUT2D eigenvalue weighted by molar-refractivity contribution is 14.1. The minimum atomic E-state index is -0.703. The smallest absolute Gasteiger partial charge is 0.321 e. The van der Waals surface area contributed by atoms with Crippen LogP contribution in [0.25, 0.3) is 0 Å². The SMILES string of the molecule is O=C(O)C1CCN1I. The third-order valence-corrected chi connectivity index (χ3v) is 2.39. The Hall–Kier alpha value is 0.160. The average Bonchev–Trinajstić information content (AvgIpc) is 1.61. The first-order valence-electron chi connectivity index (χ1n) is 2.37. The molecule has 8 heavy (non-hydrogen) atoms. The van der Waals surface area contributed by atoms with E-state index >= 15 is 0 Å². The molecule has 0 saturated carbocycles. The molecule has 1 unspecified atom stereocenters.